The number of rotatable bonds is 20. The molecular weight excluding hydrogens is 912 g/mol. The largest absolute Gasteiger partial charge is 0.451 e. The number of hydrogen-bond donors (Lipinski definition) is 4. The maximum absolute atomic E-state index is 14.5. The van der Waals surface area contributed by atoms with Crippen LogP contribution in [0.3, 0.4) is 0 Å². The summed E-state index contributed by atoms with van der Waals surface area (Å²) in [6.45, 7) is 2.38. The van der Waals surface area contributed by atoms with Gasteiger partial charge in [-0.3, -0.25) is 28.8 Å². The number of nitrogens with zero attached hydrogens (tertiary/aromatic N) is 1. The average Bonchev–Trinajstić information content (AvgIpc) is 4.00. The Hall–Kier alpha value is -6.76. The number of sulfonamides is 1. The van der Waals surface area contributed by atoms with Crippen LogP contribution >= 0.6 is 11.6 Å². The van der Waals surface area contributed by atoms with E-state index in [1.54, 1.807) is 97.4 Å². The molecule has 5 atom stereocenters. The van der Waals surface area contributed by atoms with Gasteiger partial charge in [-0.1, -0.05) is 105 Å². The van der Waals surface area contributed by atoms with Crippen molar-refractivity contribution in [3.63, 3.8) is 0 Å². The second-order valence-corrected chi connectivity index (χ2v) is 17.9. The summed E-state index contributed by atoms with van der Waals surface area (Å²) < 4.78 is 67.8. The fourth-order valence-electron chi connectivity index (χ4n) is 7.30. The van der Waals surface area contributed by atoms with Gasteiger partial charge in [-0.2, -0.15) is 0 Å². The van der Waals surface area contributed by atoms with Gasteiger partial charge < -0.3 is 30.0 Å². The van der Waals surface area contributed by atoms with Crippen molar-refractivity contribution in [2.24, 2.45) is 5.92 Å². The van der Waals surface area contributed by atoms with Gasteiger partial charge in [-0.15, -0.1) is 0 Å². The highest BCUT2D eigenvalue weighted by atomic mass is 35.5. The molecule has 4 N–H and O–H groups in total. The predicted molar refractivity (Wildman–Crippen MR) is 243 cm³/mol. The van der Waals surface area contributed by atoms with Crippen molar-refractivity contribution in [1.29, 1.82) is 0 Å². The Bertz CT molecular complexity index is 2670. The zero-order valence-electron chi connectivity index (χ0n) is 36.3. The summed E-state index contributed by atoms with van der Waals surface area (Å²) in [6, 6.07) is 28.5. The van der Waals surface area contributed by atoms with Gasteiger partial charge in [0.25, 0.3) is 27.7 Å². The zero-order valence-corrected chi connectivity index (χ0v) is 37.9. The summed E-state index contributed by atoms with van der Waals surface area (Å²) in [5, 5.41) is 7.37. The van der Waals surface area contributed by atoms with E-state index in [4.69, 9.17) is 20.8 Å². The van der Waals surface area contributed by atoms with Crippen LogP contribution in [0.4, 0.5) is 8.78 Å². The van der Waals surface area contributed by atoms with Crippen molar-refractivity contribution in [1.82, 2.24) is 25.6 Å². The first-order valence-corrected chi connectivity index (χ1v) is 23.1. The molecular formula is C48H48ClF2N5O10S. The van der Waals surface area contributed by atoms with Crippen LogP contribution in [0.25, 0.3) is 22.5 Å². The van der Waals surface area contributed by atoms with Crippen LogP contribution in [-0.4, -0.2) is 92.4 Å². The highest BCUT2D eigenvalue weighted by Crippen LogP contribution is 2.28. The molecule has 5 aromatic rings. The molecule has 1 aliphatic rings. The molecule has 0 saturated carbocycles. The van der Waals surface area contributed by atoms with E-state index in [-0.39, 0.29) is 30.2 Å². The van der Waals surface area contributed by atoms with Gasteiger partial charge in [-0.05, 0) is 71.1 Å². The molecule has 67 heavy (non-hydrogen) atoms. The lowest BCUT2D eigenvalue weighted by molar-refractivity contribution is -0.143. The van der Waals surface area contributed by atoms with Gasteiger partial charge in [0.1, 0.15) is 23.9 Å². The Morgan fingerprint density at radius 2 is 1.51 bits per heavy atom. The standard InChI is InChI=1S/C48H48ClF2N5O10S/c1-3-29(2)43(54-46(60)40-22-21-39(66-40)32-17-19-34(49)20-18-32)48(62)56-27-35(65-28-30-11-6-4-7-12-30)24-38(56)45(59)53-37(25-41(50)51)44(58)47(61)52-26-42(57)55-67(63,64)36-16-10-15-33(23-36)31-13-8-5-9-14-31/h4-23,29,35,37-38,41,43H,3,24-28H2,1-2H3,(H,52,61)(H,53,59)(H,54,60)(H,55,57)/t29?,35-,37+,38+,43?/m1/s1. The fourth-order valence-corrected chi connectivity index (χ4v) is 8.46. The highest BCUT2D eigenvalue weighted by Gasteiger charge is 2.45. The molecule has 1 saturated heterocycles. The highest BCUT2D eigenvalue weighted by molar-refractivity contribution is 7.90. The molecule has 352 valence electrons. The predicted octanol–water partition coefficient (Wildman–Crippen LogP) is 5.93. The first kappa shape index (κ1) is 49.7. The molecule has 0 aliphatic carbocycles. The topological polar surface area (TPSA) is 210 Å². The van der Waals surface area contributed by atoms with E-state index in [1.807, 2.05) is 23.5 Å². The van der Waals surface area contributed by atoms with Crippen molar-refractivity contribution >= 4 is 56.9 Å². The van der Waals surface area contributed by atoms with Crippen molar-refractivity contribution < 1.29 is 55.1 Å². The van der Waals surface area contributed by atoms with Gasteiger partial charge in [0.2, 0.25) is 24.0 Å². The normalized spacial score (nSPS) is 16.1. The Morgan fingerprint density at radius 3 is 2.18 bits per heavy atom. The molecule has 1 aliphatic heterocycles. The molecule has 6 rings (SSSR count). The molecule has 19 heteroatoms. The lowest BCUT2D eigenvalue weighted by Crippen LogP contribution is -2.57. The summed E-state index contributed by atoms with van der Waals surface area (Å²) >= 11 is 6.01. The third-order valence-corrected chi connectivity index (χ3v) is 12.7. The van der Waals surface area contributed by atoms with Gasteiger partial charge in [0.15, 0.2) is 5.76 Å². The van der Waals surface area contributed by atoms with E-state index < -0.39 is 94.9 Å². The summed E-state index contributed by atoms with van der Waals surface area (Å²) in [4.78, 5) is 82.3. The Morgan fingerprint density at radius 1 is 0.836 bits per heavy atom. The Labute approximate surface area is 390 Å². The molecule has 15 nitrogen and oxygen atoms in total. The third kappa shape index (κ3) is 13.2. The third-order valence-electron chi connectivity index (χ3n) is 11.1. The van der Waals surface area contributed by atoms with Crippen LogP contribution in [0.1, 0.15) is 49.2 Å². The summed E-state index contributed by atoms with van der Waals surface area (Å²) in [7, 11) is -4.46. The van der Waals surface area contributed by atoms with Gasteiger partial charge in [0, 0.05) is 30.0 Å². The minimum atomic E-state index is -4.46. The number of carbonyl (C=O) groups is 6. The lowest BCUT2D eigenvalue weighted by Gasteiger charge is -2.31. The van der Waals surface area contributed by atoms with E-state index >= 15 is 0 Å². The smallest absolute Gasteiger partial charge is 0.290 e. The minimum Gasteiger partial charge on any atom is -0.451 e. The number of furan rings is 1. The number of ether oxygens (including phenoxy) is 1. The molecule has 1 fully saturated rings. The second kappa shape index (κ2) is 22.6. The molecule has 4 aromatic carbocycles. The zero-order chi connectivity index (χ0) is 48.3. The molecule has 2 heterocycles. The number of amides is 5. The van der Waals surface area contributed by atoms with Crippen LogP contribution in [-0.2, 0) is 45.3 Å². The second-order valence-electron chi connectivity index (χ2n) is 15.8. The van der Waals surface area contributed by atoms with E-state index in [0.29, 0.717) is 33.9 Å². The monoisotopic (exact) mass is 959 g/mol. The molecule has 5 amide bonds. The molecule has 1 aromatic heterocycles. The summed E-state index contributed by atoms with van der Waals surface area (Å²) in [6.07, 6.45) is -5.06. The van der Waals surface area contributed by atoms with Crippen LogP contribution in [0.2, 0.25) is 5.02 Å². The SMILES string of the molecule is CCC(C)C(NC(=O)c1ccc(-c2ccc(Cl)cc2)o1)C(=O)N1C[C@H](OCc2ccccc2)C[C@H]1C(=O)N[C@@H](CC(F)F)C(=O)C(=O)NCC(=O)NS(=O)(=O)c1cccc(-c2ccccc2)c1. The van der Waals surface area contributed by atoms with Gasteiger partial charge in [-0.25, -0.2) is 21.9 Å². The van der Waals surface area contributed by atoms with E-state index in [9.17, 15) is 46.0 Å². The minimum absolute atomic E-state index is 0.0868. The summed E-state index contributed by atoms with van der Waals surface area (Å²) in [5.74, 6) is -7.13. The van der Waals surface area contributed by atoms with Crippen LogP contribution in [0.5, 0.6) is 0 Å². The van der Waals surface area contributed by atoms with Crippen LogP contribution in [0, 0.1) is 5.92 Å². The number of hydrogen-bond acceptors (Lipinski definition) is 10. The number of Topliss-reactive ketones (excluding diaryl/α,β-unsaturated/α-hetero) is 1. The lowest BCUT2D eigenvalue weighted by atomic mass is 9.97. The Kier molecular flexibility index (Phi) is 16.8. The molecule has 0 spiro atoms. The van der Waals surface area contributed by atoms with Gasteiger partial charge in [0.05, 0.1) is 24.2 Å². The number of halogens is 3. The number of ketones is 1. The summed E-state index contributed by atoms with van der Waals surface area (Å²) in [5.41, 5.74) is 2.68. The average molecular weight is 960 g/mol. The van der Waals surface area contributed by atoms with E-state index in [1.165, 1.54) is 24.3 Å². The number of benzene rings is 4. The maximum atomic E-state index is 14.5. The molecule has 0 radical (unpaired) electrons. The number of alkyl halides is 2. The number of likely N-dealkylation sites (tertiary alicyclic amines) is 1. The quantitative estimate of drug-likeness (QED) is 0.0676. The van der Waals surface area contributed by atoms with E-state index in [2.05, 4.69) is 10.6 Å². The first-order valence-electron chi connectivity index (χ1n) is 21.3. The van der Waals surface area contributed by atoms with Crippen molar-refractivity contribution in [3.05, 3.63) is 138 Å². The Balaban J connectivity index is 1.15. The maximum Gasteiger partial charge on any atom is 0.290 e. The molecule has 2 unspecified atom stereocenters. The van der Waals surface area contributed by atoms with E-state index in [0.717, 1.165) is 10.5 Å². The van der Waals surface area contributed by atoms with Crippen molar-refractivity contribution in [3.8, 4) is 22.5 Å². The van der Waals surface area contributed by atoms with Gasteiger partial charge >= 0.3 is 0 Å². The van der Waals surface area contributed by atoms with Crippen molar-refractivity contribution in [2.75, 3.05) is 13.1 Å². The first-order chi connectivity index (χ1) is 32.0. The molecule has 0 bridgehead atoms. The number of carbonyl (C=O) groups excluding carboxylic acids is 6. The fraction of sp³-hybridized carbons (Fsp3) is 0.292. The van der Waals surface area contributed by atoms with Crippen LogP contribution < -0.4 is 20.7 Å². The number of nitrogens with one attached hydrogen (secondary N) is 4. The van der Waals surface area contributed by atoms with Crippen LogP contribution in [0.15, 0.2) is 131 Å². The van der Waals surface area contributed by atoms with Crippen molar-refractivity contribution in [2.45, 2.75) is 75.3 Å².